The van der Waals surface area contributed by atoms with E-state index in [0.29, 0.717) is 0 Å². The molecule has 1 aromatic rings. The van der Waals surface area contributed by atoms with Gasteiger partial charge in [-0.1, -0.05) is 0 Å². The van der Waals surface area contributed by atoms with Crippen molar-refractivity contribution in [1.82, 2.24) is 9.88 Å². The molecule has 0 atom stereocenters. The lowest BCUT2D eigenvalue weighted by Gasteiger charge is -2.26. The molecule has 0 aromatic carbocycles. The van der Waals surface area contributed by atoms with Crippen molar-refractivity contribution in [1.29, 1.82) is 0 Å². The molecule has 2 heterocycles. The Morgan fingerprint density at radius 3 is 2.94 bits per heavy atom. The van der Waals surface area contributed by atoms with Crippen molar-refractivity contribution in [3.63, 3.8) is 0 Å². The van der Waals surface area contributed by atoms with Crippen LogP contribution >= 0.6 is 0 Å². The Hall–Kier alpha value is -1.26. The zero-order chi connectivity index (χ0) is 12.1. The van der Waals surface area contributed by atoms with E-state index < -0.39 is 0 Å². The molecule has 1 aliphatic rings. The summed E-state index contributed by atoms with van der Waals surface area (Å²) in [5, 5.41) is 0. The average molecular weight is 234 g/mol. The maximum atomic E-state index is 11.0. The van der Waals surface area contributed by atoms with Gasteiger partial charge >= 0.3 is 0 Å². The molecule has 1 fully saturated rings. The average Bonchev–Trinajstić information content (AvgIpc) is 2.38. The summed E-state index contributed by atoms with van der Waals surface area (Å²) in [7, 11) is 0. The summed E-state index contributed by atoms with van der Waals surface area (Å²) >= 11 is 0. The summed E-state index contributed by atoms with van der Waals surface area (Å²) in [6, 6.07) is 1.90. The molecule has 4 heteroatoms. The first kappa shape index (κ1) is 12.2. The van der Waals surface area contributed by atoms with Crippen molar-refractivity contribution in [3.8, 4) is 0 Å². The predicted molar refractivity (Wildman–Crippen MR) is 65.3 cm³/mol. The standard InChI is InChI=1S/C13H18N2O2/c1-11-8-12(10-16)13(14-9-11)2-3-15-4-6-17-7-5-15/h8-10H,2-7H2,1H3. The fraction of sp³-hybridized carbons (Fsp3) is 0.538. The van der Waals surface area contributed by atoms with E-state index >= 15 is 0 Å². The molecule has 4 nitrogen and oxygen atoms in total. The lowest BCUT2D eigenvalue weighted by atomic mass is 10.1. The molecule has 0 spiro atoms. The molecule has 0 N–H and O–H groups in total. The number of rotatable bonds is 4. The summed E-state index contributed by atoms with van der Waals surface area (Å²) < 4.78 is 5.30. The van der Waals surface area contributed by atoms with E-state index in [1.54, 1.807) is 0 Å². The lowest BCUT2D eigenvalue weighted by molar-refractivity contribution is 0.0383. The van der Waals surface area contributed by atoms with Gasteiger partial charge in [-0.25, -0.2) is 0 Å². The molecule has 1 aromatic heterocycles. The molecule has 0 unspecified atom stereocenters. The van der Waals surface area contributed by atoms with Crippen LogP contribution < -0.4 is 0 Å². The molecular weight excluding hydrogens is 216 g/mol. The second-order valence-electron chi connectivity index (χ2n) is 4.37. The Morgan fingerprint density at radius 1 is 1.47 bits per heavy atom. The number of aldehydes is 1. The Balaban J connectivity index is 1.95. The van der Waals surface area contributed by atoms with Crippen LogP contribution in [-0.4, -0.2) is 49.0 Å². The Labute approximate surface area is 102 Å². The Bertz CT molecular complexity index is 387. The number of hydrogen-bond donors (Lipinski definition) is 0. The third-order valence-corrected chi connectivity index (χ3v) is 3.04. The minimum absolute atomic E-state index is 0.721. The highest BCUT2D eigenvalue weighted by atomic mass is 16.5. The van der Waals surface area contributed by atoms with Crippen molar-refractivity contribution >= 4 is 6.29 Å². The number of morpholine rings is 1. The number of hydrogen-bond acceptors (Lipinski definition) is 4. The fourth-order valence-electron chi connectivity index (χ4n) is 2.02. The largest absolute Gasteiger partial charge is 0.379 e. The third-order valence-electron chi connectivity index (χ3n) is 3.04. The molecule has 0 radical (unpaired) electrons. The van der Waals surface area contributed by atoms with E-state index in [2.05, 4.69) is 9.88 Å². The van der Waals surface area contributed by atoms with Gasteiger partial charge in [-0.3, -0.25) is 14.7 Å². The minimum atomic E-state index is 0.721. The SMILES string of the molecule is Cc1cnc(CCN2CCOCC2)c(C=O)c1. The number of nitrogens with zero attached hydrogens (tertiary/aromatic N) is 2. The summed E-state index contributed by atoms with van der Waals surface area (Å²) in [4.78, 5) is 17.6. The van der Waals surface area contributed by atoms with Crippen LogP contribution in [0.3, 0.4) is 0 Å². The van der Waals surface area contributed by atoms with Gasteiger partial charge in [0.1, 0.15) is 0 Å². The first-order chi connectivity index (χ1) is 8.29. The van der Waals surface area contributed by atoms with Crippen LogP contribution in [0.4, 0.5) is 0 Å². The number of aromatic nitrogens is 1. The van der Waals surface area contributed by atoms with Crippen LogP contribution in [-0.2, 0) is 11.2 Å². The van der Waals surface area contributed by atoms with Crippen LogP contribution in [0.2, 0.25) is 0 Å². The van der Waals surface area contributed by atoms with Gasteiger partial charge < -0.3 is 4.74 Å². The highest BCUT2D eigenvalue weighted by Crippen LogP contribution is 2.08. The molecule has 1 aliphatic heterocycles. The minimum Gasteiger partial charge on any atom is -0.379 e. The number of ether oxygens (including phenoxy) is 1. The molecular formula is C13H18N2O2. The van der Waals surface area contributed by atoms with Gasteiger partial charge in [-0.05, 0) is 18.6 Å². The van der Waals surface area contributed by atoms with E-state index in [4.69, 9.17) is 4.74 Å². The van der Waals surface area contributed by atoms with Crippen LogP contribution in [0.15, 0.2) is 12.3 Å². The summed E-state index contributed by atoms with van der Waals surface area (Å²) in [6.07, 6.45) is 3.55. The van der Waals surface area contributed by atoms with Crippen LogP contribution in [0.25, 0.3) is 0 Å². The molecule has 2 rings (SSSR count). The quantitative estimate of drug-likeness (QED) is 0.731. The maximum Gasteiger partial charge on any atom is 0.151 e. The molecule has 92 valence electrons. The van der Waals surface area contributed by atoms with Gasteiger partial charge in [-0.15, -0.1) is 0 Å². The van der Waals surface area contributed by atoms with E-state index in [-0.39, 0.29) is 0 Å². The van der Waals surface area contributed by atoms with Gasteiger partial charge in [0.25, 0.3) is 0 Å². The van der Waals surface area contributed by atoms with Crippen molar-refractivity contribution in [2.45, 2.75) is 13.3 Å². The van der Waals surface area contributed by atoms with Gasteiger partial charge in [0.05, 0.1) is 18.9 Å². The first-order valence-corrected chi connectivity index (χ1v) is 6.00. The van der Waals surface area contributed by atoms with Crippen molar-refractivity contribution in [3.05, 3.63) is 29.1 Å². The van der Waals surface area contributed by atoms with Crippen molar-refractivity contribution in [2.75, 3.05) is 32.8 Å². The Morgan fingerprint density at radius 2 is 2.24 bits per heavy atom. The third kappa shape index (κ3) is 3.35. The Kier molecular flexibility index (Phi) is 4.23. The van der Waals surface area contributed by atoms with E-state index in [9.17, 15) is 4.79 Å². The maximum absolute atomic E-state index is 11.0. The van der Waals surface area contributed by atoms with Crippen molar-refractivity contribution in [2.24, 2.45) is 0 Å². The van der Waals surface area contributed by atoms with Gasteiger partial charge in [0, 0.05) is 37.8 Å². The fourth-order valence-corrected chi connectivity index (χ4v) is 2.02. The molecule has 17 heavy (non-hydrogen) atoms. The van der Waals surface area contributed by atoms with Gasteiger partial charge in [0.15, 0.2) is 6.29 Å². The van der Waals surface area contributed by atoms with Crippen LogP contribution in [0.1, 0.15) is 21.6 Å². The van der Waals surface area contributed by atoms with Crippen molar-refractivity contribution < 1.29 is 9.53 Å². The second kappa shape index (κ2) is 5.89. The smallest absolute Gasteiger partial charge is 0.151 e. The highest BCUT2D eigenvalue weighted by Gasteiger charge is 2.11. The van der Waals surface area contributed by atoms with Gasteiger partial charge in [-0.2, -0.15) is 0 Å². The molecule has 0 aliphatic carbocycles. The summed E-state index contributed by atoms with van der Waals surface area (Å²) in [5.41, 5.74) is 2.65. The molecule has 0 bridgehead atoms. The van der Waals surface area contributed by atoms with E-state index in [1.165, 1.54) is 0 Å². The number of pyridine rings is 1. The zero-order valence-corrected chi connectivity index (χ0v) is 10.2. The number of aryl methyl sites for hydroxylation is 1. The number of carbonyl (C=O) groups excluding carboxylic acids is 1. The monoisotopic (exact) mass is 234 g/mol. The normalized spacial score (nSPS) is 17.0. The molecule has 1 saturated heterocycles. The summed E-state index contributed by atoms with van der Waals surface area (Å²) in [6.45, 7) is 6.46. The predicted octanol–water partition coefficient (Wildman–Crippen LogP) is 1.08. The van der Waals surface area contributed by atoms with E-state index in [0.717, 1.165) is 62.4 Å². The van der Waals surface area contributed by atoms with Crippen LogP contribution in [0, 0.1) is 6.92 Å². The van der Waals surface area contributed by atoms with Gasteiger partial charge in [0.2, 0.25) is 0 Å². The topological polar surface area (TPSA) is 42.4 Å². The zero-order valence-electron chi connectivity index (χ0n) is 10.2. The van der Waals surface area contributed by atoms with E-state index in [1.807, 2.05) is 19.2 Å². The summed E-state index contributed by atoms with van der Waals surface area (Å²) in [5.74, 6) is 0. The second-order valence-corrected chi connectivity index (χ2v) is 4.37. The first-order valence-electron chi connectivity index (χ1n) is 6.00. The number of carbonyl (C=O) groups is 1. The highest BCUT2D eigenvalue weighted by molar-refractivity contribution is 5.76. The molecule has 0 amide bonds. The van der Waals surface area contributed by atoms with Crippen LogP contribution in [0.5, 0.6) is 0 Å². The lowest BCUT2D eigenvalue weighted by Crippen LogP contribution is -2.37. The molecule has 0 saturated carbocycles.